The summed E-state index contributed by atoms with van der Waals surface area (Å²) >= 11 is 0. The molecule has 2 heterocycles. The highest BCUT2D eigenvalue weighted by atomic mass is 16.5. The number of para-hydroxylation sites is 1. The molecule has 0 radical (unpaired) electrons. The van der Waals surface area contributed by atoms with Gasteiger partial charge in [-0.1, -0.05) is 37.1 Å². The molecule has 1 aliphatic carbocycles. The highest BCUT2D eigenvalue weighted by Crippen LogP contribution is 2.41. The predicted octanol–water partition coefficient (Wildman–Crippen LogP) is 5.28. The zero-order chi connectivity index (χ0) is 19.1. The Morgan fingerprint density at radius 1 is 1.07 bits per heavy atom. The molecule has 4 nitrogen and oxygen atoms in total. The van der Waals surface area contributed by atoms with Gasteiger partial charge >= 0.3 is 0 Å². The molecule has 0 amide bonds. The van der Waals surface area contributed by atoms with Crippen molar-refractivity contribution >= 4 is 22.3 Å². The molecule has 1 aromatic heterocycles. The largest absolute Gasteiger partial charge is 0.494 e. The molecule has 3 aromatic rings. The number of nitrogens with zero attached hydrogens (tertiary/aromatic N) is 3. The molecule has 0 N–H and O–H groups in total. The molecule has 0 spiro atoms. The van der Waals surface area contributed by atoms with E-state index in [2.05, 4.69) is 59.3 Å². The van der Waals surface area contributed by atoms with Crippen molar-refractivity contribution in [1.82, 2.24) is 4.98 Å². The van der Waals surface area contributed by atoms with E-state index in [-0.39, 0.29) is 0 Å². The first-order valence-electron chi connectivity index (χ1n) is 10.3. The number of hydrogen-bond acceptors (Lipinski definition) is 4. The van der Waals surface area contributed by atoms with Crippen molar-refractivity contribution in [3.8, 4) is 5.75 Å². The third-order valence-corrected chi connectivity index (χ3v) is 6.23. The molecule has 0 unspecified atom stereocenters. The normalized spacial score (nSPS) is 17.2. The van der Waals surface area contributed by atoms with Crippen molar-refractivity contribution in [3.05, 3.63) is 59.8 Å². The molecule has 28 heavy (non-hydrogen) atoms. The summed E-state index contributed by atoms with van der Waals surface area (Å²) in [5, 5.41) is 1.22. The fraction of sp³-hybridized carbons (Fsp3) is 0.375. The number of aromatic nitrogens is 1. The van der Waals surface area contributed by atoms with Crippen LogP contribution in [0, 0.1) is 6.92 Å². The number of fused-ring (bicyclic) bond motifs is 3. The smallest absolute Gasteiger partial charge is 0.145 e. The fourth-order valence-electron chi connectivity index (χ4n) is 4.86. The van der Waals surface area contributed by atoms with E-state index in [1.165, 1.54) is 53.6 Å². The Bertz CT molecular complexity index is 1010. The van der Waals surface area contributed by atoms with Gasteiger partial charge in [0.2, 0.25) is 0 Å². The second-order valence-electron chi connectivity index (χ2n) is 8.07. The maximum Gasteiger partial charge on any atom is 0.145 e. The monoisotopic (exact) mass is 373 g/mol. The van der Waals surface area contributed by atoms with Crippen LogP contribution in [0.5, 0.6) is 5.75 Å². The Morgan fingerprint density at radius 2 is 1.89 bits per heavy atom. The van der Waals surface area contributed by atoms with E-state index in [0.717, 1.165) is 24.5 Å². The minimum Gasteiger partial charge on any atom is -0.494 e. The maximum atomic E-state index is 5.59. The summed E-state index contributed by atoms with van der Waals surface area (Å²) in [6.07, 6.45) is 7.26. The molecular formula is C24H27N3O. The topological polar surface area (TPSA) is 28.6 Å². The first-order valence-corrected chi connectivity index (χ1v) is 10.3. The SMILES string of the molecule is COc1cccc2c3c(cnc12)CN(c1cccc(C)c1)CN3C1CCCC1. The second-order valence-corrected chi connectivity index (χ2v) is 8.07. The minimum absolute atomic E-state index is 0.600. The standard InChI is InChI=1S/C24H27N3O/c1-17-7-5-10-20(13-17)26-15-18-14-25-23-21(11-6-12-22(23)28-2)24(18)27(16-26)19-8-3-4-9-19/h5-7,10-14,19H,3-4,8-9,15-16H2,1-2H3. The third-order valence-electron chi connectivity index (χ3n) is 6.23. The lowest BCUT2D eigenvalue weighted by atomic mass is 10.0. The fourth-order valence-corrected chi connectivity index (χ4v) is 4.86. The molecule has 1 saturated carbocycles. The van der Waals surface area contributed by atoms with Crippen LogP contribution in [0.2, 0.25) is 0 Å². The van der Waals surface area contributed by atoms with Gasteiger partial charge in [0.25, 0.3) is 0 Å². The number of rotatable bonds is 3. The molecule has 1 fully saturated rings. The average Bonchev–Trinajstić information content (AvgIpc) is 3.27. The number of hydrogen-bond donors (Lipinski definition) is 0. The van der Waals surface area contributed by atoms with E-state index < -0.39 is 0 Å². The predicted molar refractivity (Wildman–Crippen MR) is 115 cm³/mol. The molecular weight excluding hydrogens is 346 g/mol. The molecule has 4 heteroatoms. The molecule has 1 aliphatic heterocycles. The van der Waals surface area contributed by atoms with E-state index in [0.29, 0.717) is 6.04 Å². The van der Waals surface area contributed by atoms with Crippen molar-refractivity contribution in [1.29, 1.82) is 0 Å². The van der Waals surface area contributed by atoms with Gasteiger partial charge < -0.3 is 14.5 Å². The van der Waals surface area contributed by atoms with Crippen LogP contribution in [0.1, 0.15) is 36.8 Å². The summed E-state index contributed by atoms with van der Waals surface area (Å²) in [4.78, 5) is 9.92. The van der Waals surface area contributed by atoms with Gasteiger partial charge in [-0.05, 0) is 43.5 Å². The van der Waals surface area contributed by atoms with Gasteiger partial charge in [-0.25, -0.2) is 0 Å². The van der Waals surface area contributed by atoms with Crippen molar-refractivity contribution < 1.29 is 4.74 Å². The molecule has 144 valence electrons. The van der Waals surface area contributed by atoms with E-state index in [1.807, 2.05) is 6.07 Å². The molecule has 0 atom stereocenters. The summed E-state index contributed by atoms with van der Waals surface area (Å²) in [6.45, 7) is 3.98. The lowest BCUT2D eigenvalue weighted by Gasteiger charge is -2.43. The van der Waals surface area contributed by atoms with Crippen molar-refractivity contribution in [3.63, 3.8) is 0 Å². The van der Waals surface area contributed by atoms with Crippen LogP contribution in [-0.4, -0.2) is 24.8 Å². The highest BCUT2D eigenvalue weighted by Gasteiger charge is 2.32. The van der Waals surface area contributed by atoms with Crippen LogP contribution in [0.4, 0.5) is 11.4 Å². The van der Waals surface area contributed by atoms with E-state index in [4.69, 9.17) is 9.72 Å². The zero-order valence-electron chi connectivity index (χ0n) is 16.7. The third kappa shape index (κ3) is 2.88. The van der Waals surface area contributed by atoms with Crippen molar-refractivity contribution in [2.75, 3.05) is 23.6 Å². The van der Waals surface area contributed by atoms with E-state index in [1.54, 1.807) is 7.11 Å². The molecule has 0 saturated heterocycles. The summed E-state index contributed by atoms with van der Waals surface area (Å²) in [5.41, 5.74) is 6.23. The van der Waals surface area contributed by atoms with E-state index in [9.17, 15) is 0 Å². The molecule has 2 aromatic carbocycles. The van der Waals surface area contributed by atoms with Gasteiger partial charge in [0.1, 0.15) is 11.3 Å². The average molecular weight is 374 g/mol. The van der Waals surface area contributed by atoms with Crippen LogP contribution in [0.3, 0.4) is 0 Å². The Morgan fingerprint density at radius 3 is 2.68 bits per heavy atom. The number of pyridine rings is 1. The van der Waals surface area contributed by atoms with Crippen molar-refractivity contribution in [2.45, 2.75) is 45.2 Å². The zero-order valence-corrected chi connectivity index (χ0v) is 16.7. The lowest BCUT2D eigenvalue weighted by molar-refractivity contribution is 0.419. The molecule has 0 bridgehead atoms. The van der Waals surface area contributed by atoms with Gasteiger partial charge in [-0.2, -0.15) is 0 Å². The van der Waals surface area contributed by atoms with Crippen LogP contribution < -0.4 is 14.5 Å². The number of ether oxygens (including phenoxy) is 1. The Kier molecular flexibility index (Phi) is 4.34. The number of aryl methyl sites for hydroxylation is 1. The minimum atomic E-state index is 0.600. The highest BCUT2D eigenvalue weighted by molar-refractivity contribution is 5.97. The van der Waals surface area contributed by atoms with Gasteiger partial charge in [-0.15, -0.1) is 0 Å². The van der Waals surface area contributed by atoms with Crippen molar-refractivity contribution in [2.24, 2.45) is 0 Å². The van der Waals surface area contributed by atoms with Crippen LogP contribution >= 0.6 is 0 Å². The van der Waals surface area contributed by atoms with E-state index >= 15 is 0 Å². The van der Waals surface area contributed by atoms with Gasteiger partial charge in [-0.3, -0.25) is 4.98 Å². The summed E-state index contributed by atoms with van der Waals surface area (Å²) < 4.78 is 5.59. The first kappa shape index (κ1) is 17.4. The lowest BCUT2D eigenvalue weighted by Crippen LogP contribution is -2.47. The van der Waals surface area contributed by atoms with Crippen LogP contribution in [0.15, 0.2) is 48.7 Å². The summed E-state index contributed by atoms with van der Waals surface area (Å²) in [7, 11) is 1.73. The quantitative estimate of drug-likeness (QED) is 0.625. The summed E-state index contributed by atoms with van der Waals surface area (Å²) in [5.74, 6) is 0.854. The Labute approximate surface area is 166 Å². The van der Waals surface area contributed by atoms with Gasteiger partial charge in [0.05, 0.1) is 19.5 Å². The number of methoxy groups -OCH3 is 1. The Balaban J connectivity index is 1.65. The van der Waals surface area contributed by atoms with Crippen LogP contribution in [0.25, 0.3) is 10.9 Å². The Hall–Kier alpha value is -2.75. The second kappa shape index (κ2) is 7.01. The number of benzene rings is 2. The van der Waals surface area contributed by atoms with Gasteiger partial charge in [0.15, 0.2) is 0 Å². The molecule has 2 aliphatic rings. The molecule has 5 rings (SSSR count). The van der Waals surface area contributed by atoms with Crippen LogP contribution in [-0.2, 0) is 6.54 Å². The first-order chi connectivity index (χ1) is 13.7. The summed E-state index contributed by atoms with van der Waals surface area (Å²) in [6, 6.07) is 15.7. The number of anilines is 2. The maximum absolute atomic E-state index is 5.59. The van der Waals surface area contributed by atoms with Gasteiger partial charge in [0, 0.05) is 35.4 Å².